The van der Waals surface area contributed by atoms with Gasteiger partial charge in [-0.3, -0.25) is 4.79 Å². The predicted octanol–water partition coefficient (Wildman–Crippen LogP) is 3.73. The van der Waals surface area contributed by atoms with Crippen molar-refractivity contribution in [2.75, 3.05) is 13.2 Å². The number of aryl methyl sites for hydroxylation is 1. The van der Waals surface area contributed by atoms with Crippen molar-refractivity contribution in [3.63, 3.8) is 0 Å². The first-order chi connectivity index (χ1) is 12.2. The summed E-state index contributed by atoms with van der Waals surface area (Å²) in [4.78, 5) is 19.6. The molecule has 4 nitrogen and oxygen atoms in total. The molecule has 8 heteroatoms. The van der Waals surface area contributed by atoms with Gasteiger partial charge in [-0.25, -0.2) is 4.98 Å². The molecular weight excluding hydrogens is 365 g/mol. The maximum Gasteiger partial charge on any atom is 0.416 e. The van der Waals surface area contributed by atoms with Crippen LogP contribution in [-0.2, 0) is 6.18 Å². The number of rotatable bonds is 3. The summed E-state index contributed by atoms with van der Waals surface area (Å²) in [5, 5.41) is 10.0. The zero-order chi connectivity index (χ0) is 18.7. The van der Waals surface area contributed by atoms with E-state index in [9.17, 15) is 23.1 Å². The lowest BCUT2D eigenvalue weighted by molar-refractivity contribution is -0.137. The van der Waals surface area contributed by atoms with E-state index >= 15 is 0 Å². The molecule has 3 aliphatic rings. The largest absolute Gasteiger partial charge is 0.416 e. The van der Waals surface area contributed by atoms with Crippen LogP contribution in [0, 0.1) is 12.3 Å². The van der Waals surface area contributed by atoms with Crippen LogP contribution >= 0.6 is 11.3 Å². The van der Waals surface area contributed by atoms with Crippen LogP contribution in [0.4, 0.5) is 13.2 Å². The fraction of sp³-hybridized carbons (Fsp3) is 0.444. The Balaban J connectivity index is 1.57. The van der Waals surface area contributed by atoms with E-state index in [-0.39, 0.29) is 24.0 Å². The molecule has 0 spiro atoms. The number of aliphatic hydroxyl groups is 1. The molecular formula is C18H17F3N2O2S. The molecule has 1 aromatic carbocycles. The van der Waals surface area contributed by atoms with E-state index < -0.39 is 11.7 Å². The van der Waals surface area contributed by atoms with Crippen LogP contribution in [0.3, 0.4) is 0 Å². The van der Waals surface area contributed by atoms with Crippen molar-refractivity contribution in [1.82, 2.24) is 9.88 Å². The number of nitrogens with zero attached hydrogens (tertiary/aromatic N) is 2. The first-order valence-electron chi connectivity index (χ1n) is 8.29. The summed E-state index contributed by atoms with van der Waals surface area (Å²) in [6, 6.07) is 4.97. The van der Waals surface area contributed by atoms with Crippen LogP contribution in [0.1, 0.15) is 33.8 Å². The number of alkyl halides is 3. The second kappa shape index (κ2) is 5.79. The number of thiazole rings is 1. The fourth-order valence-corrected chi connectivity index (χ4v) is 4.87. The zero-order valence-corrected chi connectivity index (χ0v) is 14.8. The Kier molecular flexibility index (Phi) is 3.89. The molecule has 0 radical (unpaired) electrons. The second-order valence-electron chi connectivity index (χ2n) is 7.16. The van der Waals surface area contributed by atoms with E-state index in [0.29, 0.717) is 27.7 Å². The number of hydrogen-bond donors (Lipinski definition) is 1. The van der Waals surface area contributed by atoms with Gasteiger partial charge in [0.1, 0.15) is 9.88 Å². The van der Waals surface area contributed by atoms with Crippen molar-refractivity contribution in [1.29, 1.82) is 0 Å². The Morgan fingerprint density at radius 2 is 2.00 bits per heavy atom. The van der Waals surface area contributed by atoms with Crippen molar-refractivity contribution in [2.24, 2.45) is 5.41 Å². The summed E-state index contributed by atoms with van der Waals surface area (Å²) >= 11 is 1.20. The minimum Gasteiger partial charge on any atom is -0.396 e. The molecule has 1 amide bonds. The maximum absolute atomic E-state index is 12.9. The first kappa shape index (κ1) is 17.5. The predicted molar refractivity (Wildman–Crippen MR) is 90.9 cm³/mol. The molecule has 5 rings (SSSR count). The number of benzene rings is 1. The van der Waals surface area contributed by atoms with Gasteiger partial charge >= 0.3 is 6.18 Å². The highest BCUT2D eigenvalue weighted by atomic mass is 32.1. The molecule has 26 heavy (non-hydrogen) atoms. The van der Waals surface area contributed by atoms with Crippen LogP contribution < -0.4 is 0 Å². The number of carbonyl (C=O) groups is 1. The first-order valence-corrected chi connectivity index (χ1v) is 9.11. The van der Waals surface area contributed by atoms with Gasteiger partial charge in [-0.15, -0.1) is 11.3 Å². The molecule has 0 atom stereocenters. The van der Waals surface area contributed by atoms with Gasteiger partial charge in [0.2, 0.25) is 0 Å². The average molecular weight is 382 g/mol. The lowest BCUT2D eigenvalue weighted by Gasteiger charge is -2.34. The topological polar surface area (TPSA) is 53.4 Å². The van der Waals surface area contributed by atoms with Crippen LogP contribution in [-0.4, -0.2) is 40.1 Å². The van der Waals surface area contributed by atoms with E-state index in [0.717, 1.165) is 25.0 Å². The van der Waals surface area contributed by atoms with Crippen molar-refractivity contribution in [2.45, 2.75) is 32.0 Å². The Morgan fingerprint density at radius 3 is 2.54 bits per heavy atom. The van der Waals surface area contributed by atoms with Crippen LogP contribution in [0.15, 0.2) is 24.3 Å². The summed E-state index contributed by atoms with van der Waals surface area (Å²) in [6.45, 7) is 2.38. The average Bonchev–Trinajstić information content (AvgIpc) is 3.24. The van der Waals surface area contributed by atoms with Gasteiger partial charge in [0.25, 0.3) is 5.91 Å². The molecule has 1 saturated carbocycles. The zero-order valence-electron chi connectivity index (χ0n) is 14.0. The molecule has 2 saturated heterocycles. The van der Waals surface area contributed by atoms with E-state index in [2.05, 4.69) is 4.98 Å². The van der Waals surface area contributed by atoms with E-state index in [1.807, 2.05) is 0 Å². The minimum absolute atomic E-state index is 0.0890. The molecule has 138 valence electrons. The van der Waals surface area contributed by atoms with Gasteiger partial charge in [0.05, 0.1) is 17.9 Å². The van der Waals surface area contributed by atoms with Crippen molar-refractivity contribution >= 4 is 17.2 Å². The highest BCUT2D eigenvalue weighted by Gasteiger charge is 2.56. The highest BCUT2D eigenvalue weighted by Crippen LogP contribution is 2.52. The maximum atomic E-state index is 12.9. The Labute approximate surface area is 152 Å². The fourth-order valence-electron chi connectivity index (χ4n) is 3.85. The number of carbonyl (C=O) groups excluding carboxylic acids is 1. The summed E-state index contributed by atoms with van der Waals surface area (Å²) in [6.07, 6.45) is -2.71. The normalized spacial score (nSPS) is 24.7. The summed E-state index contributed by atoms with van der Waals surface area (Å²) in [7, 11) is 0. The molecule has 1 aromatic heterocycles. The van der Waals surface area contributed by atoms with Gasteiger partial charge in [-0.1, -0.05) is 12.1 Å². The summed E-state index contributed by atoms with van der Waals surface area (Å²) < 4.78 is 38.1. The lowest BCUT2D eigenvalue weighted by Crippen LogP contribution is -2.38. The number of amides is 1. The number of fused-ring (bicyclic) bond motifs is 1. The number of halogens is 3. The highest BCUT2D eigenvalue weighted by molar-refractivity contribution is 7.17. The van der Waals surface area contributed by atoms with Crippen LogP contribution in [0.25, 0.3) is 10.6 Å². The minimum atomic E-state index is -4.38. The van der Waals surface area contributed by atoms with Crippen LogP contribution in [0.2, 0.25) is 0 Å². The van der Waals surface area contributed by atoms with Crippen molar-refractivity contribution in [3.05, 3.63) is 40.4 Å². The third-order valence-electron chi connectivity index (χ3n) is 5.33. The molecule has 2 aromatic rings. The smallest absolute Gasteiger partial charge is 0.396 e. The lowest BCUT2D eigenvalue weighted by atomic mass is 9.71. The summed E-state index contributed by atoms with van der Waals surface area (Å²) in [5.74, 6) is -0.101. The molecule has 1 aliphatic carbocycles. The number of aliphatic hydroxyl groups excluding tert-OH is 1. The monoisotopic (exact) mass is 382 g/mol. The summed E-state index contributed by atoms with van der Waals surface area (Å²) in [5.41, 5.74) is 0.284. The van der Waals surface area contributed by atoms with Gasteiger partial charge in [0, 0.05) is 23.6 Å². The number of hydrogen-bond acceptors (Lipinski definition) is 4. The molecule has 2 aliphatic heterocycles. The van der Waals surface area contributed by atoms with E-state index in [1.165, 1.54) is 23.5 Å². The van der Waals surface area contributed by atoms with Gasteiger partial charge in [-0.05, 0) is 31.9 Å². The molecule has 1 N–H and O–H groups in total. The van der Waals surface area contributed by atoms with Crippen molar-refractivity contribution < 1.29 is 23.1 Å². The quantitative estimate of drug-likeness (QED) is 0.880. The standard InChI is InChI=1S/C18H17F3N2O2S/c1-10-14(16(25)23-8-17(9-24)6-13(23)7-17)26-15(22-10)11-2-4-12(5-3-11)18(19,20)21/h2-5,13,24H,6-9H2,1H3. The SMILES string of the molecule is Cc1nc(-c2ccc(C(F)(F)F)cc2)sc1C(=O)N1CC2(CO)CC1C2. The van der Waals surface area contributed by atoms with Crippen molar-refractivity contribution in [3.8, 4) is 10.6 Å². The molecule has 3 heterocycles. The van der Waals surface area contributed by atoms with E-state index in [4.69, 9.17) is 0 Å². The van der Waals surface area contributed by atoms with E-state index in [1.54, 1.807) is 11.8 Å². The second-order valence-corrected chi connectivity index (χ2v) is 8.16. The Bertz CT molecular complexity index is 854. The Hall–Kier alpha value is -1.93. The van der Waals surface area contributed by atoms with Gasteiger partial charge in [-0.2, -0.15) is 13.2 Å². The van der Waals surface area contributed by atoms with Crippen LogP contribution in [0.5, 0.6) is 0 Å². The third kappa shape index (κ3) is 2.72. The van der Waals surface area contributed by atoms with Gasteiger partial charge < -0.3 is 10.0 Å². The molecule has 3 fully saturated rings. The Morgan fingerprint density at radius 1 is 1.35 bits per heavy atom. The number of aromatic nitrogens is 1. The van der Waals surface area contributed by atoms with Gasteiger partial charge in [0.15, 0.2) is 0 Å². The third-order valence-corrected chi connectivity index (χ3v) is 6.52. The molecule has 2 bridgehead atoms. The molecule has 0 unspecified atom stereocenters.